The van der Waals surface area contributed by atoms with E-state index in [4.69, 9.17) is 25.9 Å². The van der Waals surface area contributed by atoms with Crippen LogP contribution in [-0.4, -0.2) is 45.8 Å². The minimum atomic E-state index is -1.54. The second-order valence-corrected chi connectivity index (χ2v) is 15.0. The van der Waals surface area contributed by atoms with Gasteiger partial charge >= 0.3 is 0 Å². The Labute approximate surface area is 227 Å². The number of hydrogen-bond acceptors (Lipinski definition) is 5. The molecule has 1 N–H and O–H groups in total. The number of aryl methyl sites for hydroxylation is 1. The van der Waals surface area contributed by atoms with Crippen LogP contribution in [0.1, 0.15) is 5.69 Å². The number of imidazole rings is 1. The van der Waals surface area contributed by atoms with Gasteiger partial charge in [-0.1, -0.05) is 35.9 Å². The first kappa shape index (κ1) is 26.1. The van der Waals surface area contributed by atoms with E-state index >= 15 is 0 Å². The highest BCUT2D eigenvalue weighted by molar-refractivity contribution is 6.69. The first-order chi connectivity index (χ1) is 18.2. The van der Waals surface area contributed by atoms with Crippen LogP contribution in [0.5, 0.6) is 0 Å². The fourth-order valence-corrected chi connectivity index (χ4v) is 5.12. The van der Waals surface area contributed by atoms with Gasteiger partial charge in [0.2, 0.25) is 0 Å². The summed E-state index contributed by atoms with van der Waals surface area (Å²) in [5.41, 5.74) is 5.36. The van der Waals surface area contributed by atoms with Gasteiger partial charge in [0.1, 0.15) is 18.2 Å². The number of rotatable bonds is 9. The number of pyridine rings is 1. The molecule has 0 amide bonds. The number of halogens is 1. The van der Waals surface area contributed by atoms with Crippen molar-refractivity contribution >= 4 is 19.9 Å². The summed E-state index contributed by atoms with van der Waals surface area (Å²) in [5, 5.41) is 5.30. The van der Waals surface area contributed by atoms with Gasteiger partial charge in [-0.3, -0.25) is 4.79 Å². The minimum absolute atomic E-state index is 0.186. The normalized spacial score (nSPS) is 11.9. The Kier molecular flexibility index (Phi) is 7.35. The molecule has 10 heteroatoms. The minimum Gasteiger partial charge on any atom is -0.415 e. The summed E-state index contributed by atoms with van der Waals surface area (Å²) in [6, 6.07) is 15.2. The number of benzene rings is 2. The molecule has 196 valence electrons. The molecule has 0 bridgehead atoms. The molecule has 38 heavy (non-hydrogen) atoms. The molecular weight excluding hydrogens is 518 g/mol. The third-order valence-corrected chi connectivity index (χ3v) is 7.46. The maximum atomic E-state index is 13.2. The lowest BCUT2D eigenvalue weighted by Crippen LogP contribution is -2.27. The molecule has 3 aromatic rings. The van der Waals surface area contributed by atoms with Crippen LogP contribution in [0.4, 0.5) is 0 Å². The van der Waals surface area contributed by atoms with E-state index in [9.17, 15) is 4.79 Å². The molecule has 0 atom stereocenters. The van der Waals surface area contributed by atoms with Crippen LogP contribution < -0.4 is 5.56 Å². The number of aromatic nitrogens is 5. The van der Waals surface area contributed by atoms with Crippen LogP contribution in [0.2, 0.25) is 24.7 Å². The van der Waals surface area contributed by atoms with E-state index in [-0.39, 0.29) is 5.56 Å². The maximum Gasteiger partial charge on any atom is 0.282 e. The Hall–Kier alpha value is -3.50. The molecule has 0 radical (unpaired) electrons. The molecule has 0 aliphatic carbocycles. The molecule has 2 aliphatic rings. The first-order valence-electron chi connectivity index (χ1n) is 12.4. The van der Waals surface area contributed by atoms with Crippen molar-refractivity contribution in [3.8, 4) is 39.5 Å². The number of H-pyrrole nitrogens is 1. The van der Waals surface area contributed by atoms with Crippen molar-refractivity contribution in [2.24, 2.45) is 0 Å². The SMILES string of the molecule is Cc1[nH]cc2c(=O)n(-c3ccc(Cl)cc3)nc-2c1-c1ccc(-c2nccn2COCCO[Si](C)(C)C)cc1. The van der Waals surface area contributed by atoms with Crippen molar-refractivity contribution < 1.29 is 9.16 Å². The highest BCUT2D eigenvalue weighted by atomic mass is 35.5. The summed E-state index contributed by atoms with van der Waals surface area (Å²) in [7, 11) is -1.54. The second kappa shape index (κ2) is 10.7. The highest BCUT2D eigenvalue weighted by Gasteiger charge is 2.22. The monoisotopic (exact) mass is 547 g/mol. The number of fused-ring (bicyclic) bond motifs is 1. The van der Waals surface area contributed by atoms with Gasteiger partial charge < -0.3 is 18.7 Å². The summed E-state index contributed by atoms with van der Waals surface area (Å²) < 4.78 is 15.1. The molecule has 5 rings (SSSR count). The van der Waals surface area contributed by atoms with Crippen molar-refractivity contribution in [1.82, 2.24) is 24.3 Å². The molecule has 0 spiro atoms. The first-order valence-corrected chi connectivity index (χ1v) is 16.2. The van der Waals surface area contributed by atoms with E-state index in [0.29, 0.717) is 41.9 Å². The van der Waals surface area contributed by atoms with Gasteiger partial charge in [-0.25, -0.2) is 4.98 Å². The summed E-state index contributed by atoms with van der Waals surface area (Å²) in [5.74, 6) is 0.818. The molecule has 0 fully saturated rings. The zero-order valence-electron chi connectivity index (χ0n) is 21.9. The largest absolute Gasteiger partial charge is 0.415 e. The fourth-order valence-electron chi connectivity index (χ4n) is 4.30. The van der Waals surface area contributed by atoms with Gasteiger partial charge in [0.25, 0.3) is 5.56 Å². The smallest absolute Gasteiger partial charge is 0.282 e. The van der Waals surface area contributed by atoms with Gasteiger partial charge in [0.05, 0.1) is 24.5 Å². The van der Waals surface area contributed by atoms with Gasteiger partial charge in [0, 0.05) is 40.4 Å². The van der Waals surface area contributed by atoms with E-state index in [1.165, 1.54) is 4.68 Å². The molecule has 2 aliphatic heterocycles. The zero-order chi connectivity index (χ0) is 26.9. The second-order valence-electron chi connectivity index (χ2n) is 10.0. The lowest BCUT2D eigenvalue weighted by atomic mass is 9.98. The molecule has 1 aromatic heterocycles. The van der Waals surface area contributed by atoms with Crippen molar-refractivity contribution in [2.75, 3.05) is 13.2 Å². The van der Waals surface area contributed by atoms with Crippen LogP contribution in [0, 0.1) is 6.92 Å². The van der Waals surface area contributed by atoms with Crippen molar-refractivity contribution in [3.05, 3.63) is 88.2 Å². The molecule has 0 unspecified atom stereocenters. The Bertz CT molecular complexity index is 1570. The average molecular weight is 548 g/mol. The summed E-state index contributed by atoms with van der Waals surface area (Å²) in [4.78, 5) is 20.9. The third kappa shape index (κ3) is 5.51. The Morgan fingerprint density at radius 2 is 1.71 bits per heavy atom. The summed E-state index contributed by atoms with van der Waals surface area (Å²) >= 11 is 6.03. The number of hydrogen-bond donors (Lipinski definition) is 1. The van der Waals surface area contributed by atoms with E-state index in [2.05, 4.69) is 29.6 Å². The topological polar surface area (TPSA) is 87.0 Å². The maximum absolute atomic E-state index is 13.2. The standard InChI is InChI=1S/C28H30ClN5O3Si/c1-19-25(26-24(17-31-19)28(35)34(32-26)23-11-9-22(29)10-12-23)20-5-7-21(8-6-20)27-30-13-14-33(27)18-36-15-16-37-38(2,3)4/h5-14,17,31H,15-16,18H2,1-4H3. The molecule has 0 saturated carbocycles. The highest BCUT2D eigenvalue weighted by Crippen LogP contribution is 2.34. The summed E-state index contributed by atoms with van der Waals surface area (Å²) in [6.45, 7) is 9.99. The van der Waals surface area contributed by atoms with Crippen LogP contribution in [0.3, 0.4) is 0 Å². The van der Waals surface area contributed by atoms with Gasteiger partial charge in [-0.15, -0.1) is 0 Å². The molecule has 2 aromatic carbocycles. The number of aromatic amines is 1. The van der Waals surface area contributed by atoms with E-state index in [1.54, 1.807) is 36.7 Å². The summed E-state index contributed by atoms with van der Waals surface area (Å²) in [6.07, 6.45) is 5.39. The lowest BCUT2D eigenvalue weighted by molar-refractivity contribution is 0.0531. The van der Waals surface area contributed by atoms with Gasteiger partial charge in [-0.05, 0) is 56.4 Å². The third-order valence-electron chi connectivity index (χ3n) is 6.13. The van der Waals surface area contributed by atoms with E-state index < -0.39 is 8.32 Å². The van der Waals surface area contributed by atoms with Gasteiger partial charge in [-0.2, -0.15) is 9.78 Å². The molecule has 8 nitrogen and oxygen atoms in total. The Morgan fingerprint density at radius 3 is 2.42 bits per heavy atom. The van der Waals surface area contributed by atoms with Crippen LogP contribution in [-0.2, 0) is 15.9 Å². The number of ether oxygens (including phenoxy) is 1. The van der Waals surface area contributed by atoms with Crippen LogP contribution in [0.15, 0.2) is 71.9 Å². The Morgan fingerprint density at radius 1 is 1.00 bits per heavy atom. The lowest BCUT2D eigenvalue weighted by Gasteiger charge is -2.17. The Balaban J connectivity index is 1.39. The number of nitrogens with zero attached hydrogens (tertiary/aromatic N) is 4. The van der Waals surface area contributed by atoms with E-state index in [0.717, 1.165) is 28.2 Å². The van der Waals surface area contributed by atoms with Crippen molar-refractivity contribution in [1.29, 1.82) is 0 Å². The van der Waals surface area contributed by atoms with Crippen LogP contribution >= 0.6 is 11.6 Å². The number of nitrogens with one attached hydrogen (secondary N) is 1. The predicted molar refractivity (Wildman–Crippen MR) is 152 cm³/mol. The van der Waals surface area contributed by atoms with Gasteiger partial charge in [0.15, 0.2) is 8.32 Å². The molecule has 3 heterocycles. The predicted octanol–water partition coefficient (Wildman–Crippen LogP) is 5.98. The molecular formula is C28H30ClN5O3Si. The fraction of sp³-hybridized carbons (Fsp3) is 0.250. The quantitative estimate of drug-likeness (QED) is 0.181. The van der Waals surface area contributed by atoms with Crippen molar-refractivity contribution in [2.45, 2.75) is 33.3 Å². The van der Waals surface area contributed by atoms with E-state index in [1.807, 2.05) is 42.0 Å². The van der Waals surface area contributed by atoms with Crippen LogP contribution in [0.25, 0.3) is 39.5 Å². The average Bonchev–Trinajstić information content (AvgIpc) is 3.48. The zero-order valence-corrected chi connectivity index (χ0v) is 23.6. The molecule has 0 saturated heterocycles. The van der Waals surface area contributed by atoms with Crippen molar-refractivity contribution in [3.63, 3.8) is 0 Å².